The first-order chi connectivity index (χ1) is 8.81. The third kappa shape index (κ3) is 3.91. The Labute approximate surface area is 114 Å². The number of piperidine rings is 1. The van der Waals surface area contributed by atoms with Crippen molar-refractivity contribution >= 4 is 23.5 Å². The number of carbonyl (C=O) groups excluding carboxylic acids is 1. The highest BCUT2D eigenvalue weighted by molar-refractivity contribution is 6.13. The molecule has 0 amide bonds. The first kappa shape index (κ1) is 14.8. The van der Waals surface area contributed by atoms with Gasteiger partial charge in [-0.05, 0) is 25.0 Å². The Morgan fingerprint density at radius 1 is 1.22 bits per heavy atom. The van der Waals surface area contributed by atoms with Gasteiger partial charge in [0.25, 0.3) is 0 Å². The maximum atomic E-state index is 11.2. The summed E-state index contributed by atoms with van der Waals surface area (Å²) in [6.45, 7) is 5.75. The summed E-state index contributed by atoms with van der Waals surface area (Å²) in [6.07, 6.45) is 1.61. The molecule has 0 unspecified atom stereocenters. The van der Waals surface area contributed by atoms with Crippen molar-refractivity contribution in [2.24, 2.45) is 5.92 Å². The van der Waals surface area contributed by atoms with Crippen molar-refractivity contribution in [1.82, 2.24) is 0 Å². The molecule has 0 aromatic heterocycles. The van der Waals surface area contributed by atoms with Crippen LogP contribution in [0.15, 0.2) is 30.3 Å². The van der Waals surface area contributed by atoms with Crippen molar-refractivity contribution in [2.75, 3.05) is 18.0 Å². The van der Waals surface area contributed by atoms with Gasteiger partial charge in [0.2, 0.25) is 0 Å². The van der Waals surface area contributed by atoms with Crippen LogP contribution in [0.2, 0.25) is 0 Å². The minimum absolute atomic E-state index is 0.0440. The first-order valence-corrected chi connectivity index (χ1v) is 6.74. The molecule has 0 saturated carbocycles. The third-order valence-corrected chi connectivity index (χ3v) is 3.18. The van der Waals surface area contributed by atoms with E-state index in [2.05, 4.69) is 21.3 Å². The zero-order valence-corrected chi connectivity index (χ0v) is 11.7. The minimum Gasteiger partial charge on any atom is -0.371 e. The van der Waals surface area contributed by atoms with Crippen LogP contribution in [-0.2, 0) is 9.08 Å². The monoisotopic (exact) mass is 269 g/mol. The topological polar surface area (TPSA) is 29.5 Å². The molecule has 100 valence electrons. The molecule has 4 heteroatoms. The second kappa shape index (κ2) is 7.98. The molecule has 0 N–H and O–H groups in total. The van der Waals surface area contributed by atoms with Crippen molar-refractivity contribution in [3.8, 4) is 0 Å². The molecule has 0 spiro atoms. The first-order valence-electron chi connectivity index (χ1n) is 6.43. The van der Waals surface area contributed by atoms with Crippen LogP contribution in [0, 0.1) is 5.92 Å². The summed E-state index contributed by atoms with van der Waals surface area (Å²) in [5.41, 5.74) is 1.21. The summed E-state index contributed by atoms with van der Waals surface area (Å²) < 4.78 is 4.25. The van der Waals surface area contributed by atoms with E-state index in [-0.39, 0.29) is 11.9 Å². The normalized spacial score (nSPS) is 15.6. The van der Waals surface area contributed by atoms with Crippen molar-refractivity contribution in [1.29, 1.82) is 0 Å². The summed E-state index contributed by atoms with van der Waals surface area (Å²) in [5, 5.41) is 0. The zero-order chi connectivity index (χ0) is 13.4. The van der Waals surface area contributed by atoms with Gasteiger partial charge in [-0.1, -0.05) is 32.0 Å². The Morgan fingerprint density at radius 3 is 2.28 bits per heavy atom. The fraction of sp³-hybridized carbons (Fsp3) is 0.500. The van der Waals surface area contributed by atoms with Crippen LogP contribution in [0.1, 0.15) is 26.7 Å². The maximum Gasteiger partial charge on any atom is 0.327 e. The van der Waals surface area contributed by atoms with E-state index in [1.165, 1.54) is 5.69 Å². The molecule has 1 heterocycles. The SMILES string of the molecule is CC.O=C(OCl)C1CCN(c2ccccc2)CC1. The number of benzene rings is 1. The van der Waals surface area contributed by atoms with Gasteiger partial charge in [-0.15, -0.1) is 0 Å². The van der Waals surface area contributed by atoms with Gasteiger partial charge < -0.3 is 9.19 Å². The lowest BCUT2D eigenvalue weighted by atomic mass is 9.97. The fourth-order valence-electron chi connectivity index (χ4n) is 2.08. The number of rotatable bonds is 2. The van der Waals surface area contributed by atoms with Crippen LogP contribution in [-0.4, -0.2) is 19.1 Å². The van der Waals surface area contributed by atoms with Crippen LogP contribution < -0.4 is 4.90 Å². The molecular weight excluding hydrogens is 250 g/mol. The molecule has 1 aliphatic heterocycles. The maximum absolute atomic E-state index is 11.2. The van der Waals surface area contributed by atoms with E-state index < -0.39 is 0 Å². The van der Waals surface area contributed by atoms with Gasteiger partial charge in [0.15, 0.2) is 0 Å². The van der Waals surface area contributed by atoms with Crippen molar-refractivity contribution < 1.29 is 9.08 Å². The smallest absolute Gasteiger partial charge is 0.327 e. The molecule has 1 fully saturated rings. The highest BCUT2D eigenvalue weighted by Gasteiger charge is 2.26. The number of hydrogen-bond acceptors (Lipinski definition) is 3. The number of nitrogens with zero attached hydrogens (tertiary/aromatic N) is 1. The van der Waals surface area contributed by atoms with Crippen LogP contribution >= 0.6 is 11.9 Å². The molecule has 1 saturated heterocycles. The highest BCUT2D eigenvalue weighted by atomic mass is 35.5. The summed E-state index contributed by atoms with van der Waals surface area (Å²) in [4.78, 5) is 13.5. The van der Waals surface area contributed by atoms with Gasteiger partial charge in [0.1, 0.15) is 11.9 Å². The van der Waals surface area contributed by atoms with Crippen LogP contribution in [0.25, 0.3) is 0 Å². The number of carbonyl (C=O) groups is 1. The average Bonchev–Trinajstić information content (AvgIpc) is 2.49. The molecule has 0 bridgehead atoms. The molecule has 18 heavy (non-hydrogen) atoms. The van der Waals surface area contributed by atoms with E-state index in [1.54, 1.807) is 0 Å². The Balaban J connectivity index is 0.000000771. The van der Waals surface area contributed by atoms with E-state index in [0.29, 0.717) is 0 Å². The van der Waals surface area contributed by atoms with E-state index in [4.69, 9.17) is 11.9 Å². The number of halogens is 1. The van der Waals surface area contributed by atoms with E-state index in [0.717, 1.165) is 25.9 Å². The summed E-state index contributed by atoms with van der Waals surface area (Å²) in [6, 6.07) is 10.2. The highest BCUT2D eigenvalue weighted by Crippen LogP contribution is 2.23. The van der Waals surface area contributed by atoms with Crippen LogP contribution in [0.5, 0.6) is 0 Å². The third-order valence-electron chi connectivity index (χ3n) is 3.03. The van der Waals surface area contributed by atoms with E-state index in [1.807, 2.05) is 32.0 Å². The van der Waals surface area contributed by atoms with Gasteiger partial charge in [0.05, 0.1) is 5.92 Å². The van der Waals surface area contributed by atoms with Gasteiger partial charge in [-0.25, -0.2) is 0 Å². The zero-order valence-electron chi connectivity index (χ0n) is 10.9. The predicted molar refractivity (Wildman–Crippen MR) is 74.7 cm³/mol. The number of para-hydroxylation sites is 1. The van der Waals surface area contributed by atoms with Crippen LogP contribution in [0.3, 0.4) is 0 Å². The van der Waals surface area contributed by atoms with Gasteiger partial charge in [0, 0.05) is 18.8 Å². The quantitative estimate of drug-likeness (QED) is 0.821. The Kier molecular flexibility index (Phi) is 6.58. The standard InChI is InChI=1S/C12H14ClNO2.C2H6/c13-16-12(15)10-6-8-14(9-7-10)11-4-2-1-3-5-11;1-2/h1-5,10H,6-9H2;1-2H3. The van der Waals surface area contributed by atoms with Gasteiger partial charge >= 0.3 is 5.97 Å². The molecule has 0 aliphatic carbocycles. The predicted octanol–water partition coefficient (Wildman–Crippen LogP) is 3.63. The Bertz CT molecular complexity index is 348. The van der Waals surface area contributed by atoms with E-state index >= 15 is 0 Å². The lowest BCUT2D eigenvalue weighted by Gasteiger charge is -2.32. The van der Waals surface area contributed by atoms with Gasteiger partial charge in [-0.3, -0.25) is 4.79 Å². The van der Waals surface area contributed by atoms with E-state index in [9.17, 15) is 4.79 Å². The molecular formula is C14H20ClNO2. The Hall–Kier alpha value is -1.22. The largest absolute Gasteiger partial charge is 0.371 e. The van der Waals surface area contributed by atoms with Crippen molar-refractivity contribution in [3.05, 3.63) is 30.3 Å². The molecule has 0 radical (unpaired) electrons. The number of anilines is 1. The van der Waals surface area contributed by atoms with Crippen molar-refractivity contribution in [3.63, 3.8) is 0 Å². The molecule has 1 aromatic rings. The average molecular weight is 270 g/mol. The molecule has 1 aliphatic rings. The summed E-state index contributed by atoms with van der Waals surface area (Å²) >= 11 is 5.08. The second-order valence-corrected chi connectivity index (χ2v) is 4.15. The van der Waals surface area contributed by atoms with Gasteiger partial charge in [-0.2, -0.15) is 0 Å². The summed E-state index contributed by atoms with van der Waals surface area (Å²) in [7, 11) is 0. The second-order valence-electron chi connectivity index (χ2n) is 3.99. The lowest BCUT2D eigenvalue weighted by molar-refractivity contribution is -0.139. The molecule has 2 rings (SSSR count). The Morgan fingerprint density at radius 2 is 1.78 bits per heavy atom. The lowest BCUT2D eigenvalue weighted by Crippen LogP contribution is -2.36. The molecule has 0 atom stereocenters. The van der Waals surface area contributed by atoms with Crippen molar-refractivity contribution in [2.45, 2.75) is 26.7 Å². The minimum atomic E-state index is -0.297. The molecule has 1 aromatic carbocycles. The fourth-order valence-corrected chi connectivity index (χ4v) is 2.20. The number of hydrogen-bond donors (Lipinski definition) is 0. The summed E-state index contributed by atoms with van der Waals surface area (Å²) in [5.74, 6) is -0.341. The van der Waals surface area contributed by atoms with Crippen LogP contribution in [0.4, 0.5) is 5.69 Å². The molecule has 3 nitrogen and oxygen atoms in total.